The van der Waals surface area contributed by atoms with Crippen LogP contribution in [-0.4, -0.2) is 43.9 Å². The minimum absolute atomic E-state index is 0. The summed E-state index contributed by atoms with van der Waals surface area (Å²) in [5.74, 6) is 0.816. The van der Waals surface area contributed by atoms with E-state index in [0.717, 1.165) is 108 Å². The normalized spacial score (nSPS) is 10.4. The van der Waals surface area contributed by atoms with Crippen LogP contribution in [0.5, 0.6) is 0 Å². The third kappa shape index (κ3) is 25.9. The van der Waals surface area contributed by atoms with Gasteiger partial charge in [-0.05, 0) is 98.8 Å². The van der Waals surface area contributed by atoms with Crippen LogP contribution in [0.2, 0.25) is 0 Å². The second kappa shape index (κ2) is 46.5. The molecule has 0 unspecified atom stereocenters. The maximum Gasteiger partial charge on any atom is 1.00 e. The molecule has 0 atom stereocenters. The van der Waals surface area contributed by atoms with Crippen LogP contribution in [0.4, 0.5) is 10.3 Å². The van der Waals surface area contributed by atoms with Crippen molar-refractivity contribution in [1.82, 2.24) is 24.9 Å². The molecule has 0 aliphatic rings. The number of furan rings is 1. The van der Waals surface area contributed by atoms with Crippen LogP contribution in [0.15, 0.2) is 154 Å². The molecule has 90 heavy (non-hydrogen) atoms. The summed E-state index contributed by atoms with van der Waals surface area (Å²) in [6.45, 7) is 11.5. The predicted octanol–water partition coefficient (Wildman–Crippen LogP) is -5.59. The minimum atomic E-state index is 0. The van der Waals surface area contributed by atoms with Crippen molar-refractivity contribution in [3.63, 3.8) is 0 Å². The molecule has 0 aliphatic carbocycles. The number of para-hydroxylation sites is 2. The van der Waals surface area contributed by atoms with Gasteiger partial charge in [-0.3, -0.25) is 115 Å². The smallest absolute Gasteiger partial charge is 0.454 e. The Morgan fingerprint density at radius 2 is 1.09 bits per heavy atom. The van der Waals surface area contributed by atoms with Crippen LogP contribution in [0.3, 0.4) is 0 Å². The van der Waals surface area contributed by atoms with E-state index in [1.165, 1.54) is 50.9 Å². The van der Waals surface area contributed by atoms with Gasteiger partial charge in [-0.15, -0.1) is 22.4 Å². The van der Waals surface area contributed by atoms with Gasteiger partial charge in [0, 0.05) is 11.9 Å². The van der Waals surface area contributed by atoms with Crippen molar-refractivity contribution in [1.29, 1.82) is 0 Å². The first-order chi connectivity index (χ1) is 40.2. The number of unbranched alkanes of at least 4 members (excludes halogenated alkanes) is 3. The third-order valence-electron chi connectivity index (χ3n) is 12.6. The molecule has 1 N–H and O–H groups in total. The Balaban J connectivity index is 0.000000306. The molecule has 0 radical (unpaired) electrons. The van der Waals surface area contributed by atoms with E-state index in [2.05, 4.69) is 150 Å². The first kappa shape index (κ1) is 89.0. The number of nitrogens with one attached hydrogen (secondary N) is 1. The SMILES string of the molecule is CCCCCCN(/N=C/c1[c-]cc[c-]c1)c1nc2ccccc2s1.Cc1cc(C)c2cc(-c3nc4[c-]cc[c-]c4s3)oc2c1.Cc1cc(C)c2nc(-c3nc4[c-]cc[c-]c4s3)sc2c1.[K+].[K+].[K+].[K+].[K+].[K+].[K+].[K+].[c-]1cc[c-]c(/C=N/Nc2nc3ccccc3s2)c1. The zero-order chi connectivity index (χ0) is 56.2. The molecule has 0 saturated carbocycles. The van der Waals surface area contributed by atoms with Gasteiger partial charge in [0.25, 0.3) is 0 Å². The van der Waals surface area contributed by atoms with Crippen molar-refractivity contribution in [2.75, 3.05) is 17.0 Å². The molecule has 0 bridgehead atoms. The summed E-state index contributed by atoms with van der Waals surface area (Å²) in [5.41, 5.74) is 15.4. The van der Waals surface area contributed by atoms with Crippen LogP contribution in [0, 0.1) is 76.2 Å². The molecule has 408 valence electrons. The Hall–Kier alpha value is 4.78. The topological polar surface area (TPSA) is 118 Å². The Morgan fingerprint density at radius 3 is 1.71 bits per heavy atom. The van der Waals surface area contributed by atoms with Crippen LogP contribution in [0.1, 0.15) is 66.0 Å². The summed E-state index contributed by atoms with van der Waals surface area (Å²) in [6.07, 6.45) is 8.37. The molecule has 10 nitrogen and oxygen atoms in total. The van der Waals surface area contributed by atoms with Gasteiger partial charge in [0.05, 0.1) is 30.6 Å². The summed E-state index contributed by atoms with van der Waals surface area (Å²) < 4.78 is 11.6. The second-order valence-electron chi connectivity index (χ2n) is 18.9. The number of anilines is 2. The Kier molecular flexibility index (Phi) is 46.0. The van der Waals surface area contributed by atoms with Crippen LogP contribution in [0.25, 0.3) is 82.8 Å². The maximum absolute atomic E-state index is 5.97. The largest absolute Gasteiger partial charge is 1.00 e. The molecule has 23 heteroatoms. The number of fused-ring (bicyclic) bond motifs is 6. The van der Waals surface area contributed by atoms with E-state index >= 15 is 0 Å². The number of aryl methyl sites for hydroxylation is 4. The van der Waals surface area contributed by atoms with E-state index in [-0.39, 0.29) is 411 Å². The Labute approximate surface area is 888 Å². The number of benzene rings is 8. The molecule has 0 aliphatic heterocycles. The molecular weight excluding hydrogens is 1420 g/mol. The molecule has 0 saturated heterocycles. The number of aromatic nitrogens is 5. The van der Waals surface area contributed by atoms with Gasteiger partial charge in [-0.25, -0.2) is 64.0 Å². The molecule has 0 fully saturated rings. The van der Waals surface area contributed by atoms with E-state index in [4.69, 9.17) is 14.4 Å². The maximum atomic E-state index is 5.97. The van der Waals surface area contributed by atoms with Crippen LogP contribution >= 0.6 is 56.7 Å². The fourth-order valence-electron chi connectivity index (χ4n) is 8.71. The van der Waals surface area contributed by atoms with Crippen LogP contribution in [-0.2, 0) is 0 Å². The quantitative estimate of drug-likeness (QED) is 0.0400. The van der Waals surface area contributed by atoms with E-state index in [1.807, 2.05) is 102 Å². The number of thiazole rings is 5. The molecule has 14 rings (SSSR count). The zero-order valence-electron chi connectivity index (χ0n) is 53.5. The fraction of sp³-hybridized carbons (Fsp3) is 0.149. The Morgan fingerprint density at radius 1 is 0.522 bits per heavy atom. The van der Waals surface area contributed by atoms with Crippen molar-refractivity contribution in [3.8, 4) is 20.8 Å². The van der Waals surface area contributed by atoms with E-state index in [0.29, 0.717) is 0 Å². The summed E-state index contributed by atoms with van der Waals surface area (Å²) >= 11 is 8.18. The minimum Gasteiger partial charge on any atom is -0.454 e. The molecule has 0 spiro atoms. The molecule has 14 aromatic rings. The Bertz CT molecular complexity index is 4210. The van der Waals surface area contributed by atoms with Crippen molar-refractivity contribution < 1.29 is 415 Å². The number of rotatable bonds is 13. The van der Waals surface area contributed by atoms with E-state index < -0.39 is 0 Å². The third-order valence-corrected chi connectivity index (χ3v) is 17.7. The zero-order valence-corrected chi connectivity index (χ0v) is 82.6. The van der Waals surface area contributed by atoms with Gasteiger partial charge in [0.2, 0.25) is 10.3 Å². The van der Waals surface area contributed by atoms with Crippen molar-refractivity contribution >= 4 is 141 Å². The van der Waals surface area contributed by atoms with Crippen molar-refractivity contribution in [3.05, 3.63) is 221 Å². The van der Waals surface area contributed by atoms with Gasteiger partial charge in [-0.2, -0.15) is 9.40 Å². The standard InChI is InChI=1S/C20H21N3S.C17H11NOS.C16H10N2S2.C14H9N3S.8K/c1-2-3-4-10-15-23(21-16-17-11-6-5-7-12-17)20-22-18-13-8-9-14-19(18)24-20;1-10-7-11(2)12-9-15(19-14(12)8-10)17-18-13-5-3-4-6-16(13)20-17;1-9-7-10(2)14-13(8-9)20-16(18-14)15-17-11-5-3-4-6-12(11)19-15;1-2-6-11(7-3-1)10-15-17-14-16-12-8-4-5-9-13(12)18-14;;;;;;;;/h5-6,8-9,12-14,16H,2-4,10,15H2,1H3;3-4,7-9H,1-2H3;3-4,7-8H,1-2H3;1-2,4-5,7-10H,(H,16,17);;;;;;;;/q4*-2;8*+1/b21-16+;;;15-10+;;;;;;;;. The fourth-order valence-corrected chi connectivity index (χ4v) is 13.4. The summed E-state index contributed by atoms with van der Waals surface area (Å²) in [4.78, 5) is 23.1. The van der Waals surface area contributed by atoms with E-state index in [9.17, 15) is 0 Å². The number of hydrogen-bond acceptors (Lipinski definition) is 15. The predicted molar refractivity (Wildman–Crippen MR) is 345 cm³/mol. The molecule has 6 aromatic heterocycles. The van der Waals surface area contributed by atoms with Crippen molar-refractivity contribution in [2.45, 2.75) is 60.3 Å². The molecular formula is C67H51K8N9OS5. The van der Waals surface area contributed by atoms with Crippen LogP contribution < -0.4 is 422 Å². The van der Waals surface area contributed by atoms with Gasteiger partial charge >= 0.3 is 411 Å². The summed E-state index contributed by atoms with van der Waals surface area (Å²) in [5, 5.41) is 16.5. The summed E-state index contributed by atoms with van der Waals surface area (Å²) in [6, 6.07) is 70.2. The van der Waals surface area contributed by atoms with Gasteiger partial charge in [-0.1, -0.05) is 97.7 Å². The number of hydrazone groups is 2. The second-order valence-corrected chi connectivity index (χ2v) is 24.0. The summed E-state index contributed by atoms with van der Waals surface area (Å²) in [7, 11) is 0. The first-order valence-electron chi connectivity index (χ1n) is 26.5. The van der Waals surface area contributed by atoms with Gasteiger partial charge in [0.15, 0.2) is 10.8 Å². The van der Waals surface area contributed by atoms with Gasteiger partial charge < -0.3 is 14.4 Å². The van der Waals surface area contributed by atoms with Crippen molar-refractivity contribution in [2.24, 2.45) is 10.2 Å². The average Bonchev–Trinajstić information content (AvgIpc) is 2.12. The average molecular weight is 1470 g/mol. The molecule has 0 amide bonds. The molecule has 8 aromatic carbocycles. The number of hydrogen-bond donors (Lipinski definition) is 1. The number of nitrogens with zero attached hydrogens (tertiary/aromatic N) is 8. The first-order valence-corrected chi connectivity index (χ1v) is 30.6. The van der Waals surface area contributed by atoms with E-state index in [1.54, 1.807) is 75.0 Å². The molecule has 6 heterocycles. The monoisotopic (exact) mass is 1470 g/mol. The van der Waals surface area contributed by atoms with Gasteiger partial charge in [0.1, 0.15) is 15.6 Å².